The lowest BCUT2D eigenvalue weighted by Crippen LogP contribution is -2.21. The fourth-order valence-electron chi connectivity index (χ4n) is 1.62. The van der Waals surface area contributed by atoms with Crippen molar-refractivity contribution in [2.24, 2.45) is 5.73 Å². The predicted octanol–water partition coefficient (Wildman–Crippen LogP) is 2.61. The van der Waals surface area contributed by atoms with Gasteiger partial charge < -0.3 is 5.73 Å². The lowest BCUT2D eigenvalue weighted by molar-refractivity contribution is -0.119. The zero-order valence-corrected chi connectivity index (χ0v) is 8.86. The van der Waals surface area contributed by atoms with Gasteiger partial charge in [0.15, 0.2) is 0 Å². The molecule has 2 heteroatoms. The van der Waals surface area contributed by atoms with Crippen molar-refractivity contribution in [1.29, 1.82) is 0 Å². The van der Waals surface area contributed by atoms with Crippen molar-refractivity contribution < 1.29 is 4.79 Å². The normalized spacial score (nSPS) is 12.0. The second-order valence-corrected chi connectivity index (χ2v) is 3.59. The molecule has 0 saturated heterocycles. The number of nitrogens with two attached hydrogens (primary N) is 1. The first-order chi connectivity index (χ1) is 7.25. The van der Waals surface area contributed by atoms with Crippen LogP contribution < -0.4 is 5.73 Å². The van der Waals surface area contributed by atoms with Crippen molar-refractivity contribution in [2.75, 3.05) is 0 Å². The summed E-state index contributed by atoms with van der Waals surface area (Å²) >= 11 is 0. The van der Waals surface area contributed by atoms with Crippen molar-refractivity contribution in [2.45, 2.75) is 25.2 Å². The van der Waals surface area contributed by atoms with E-state index in [0.717, 1.165) is 24.8 Å². The number of allylic oxidation sites excluding steroid dienone is 1. The molecule has 2 N–H and O–H groups in total. The van der Waals surface area contributed by atoms with Gasteiger partial charge in [0.05, 0.1) is 5.92 Å². The van der Waals surface area contributed by atoms with Gasteiger partial charge in [-0.1, -0.05) is 36.4 Å². The molecule has 0 spiro atoms. The van der Waals surface area contributed by atoms with Gasteiger partial charge in [-0.25, -0.2) is 0 Å². The second kappa shape index (κ2) is 6.02. The summed E-state index contributed by atoms with van der Waals surface area (Å²) in [5.74, 6) is -0.406. The van der Waals surface area contributed by atoms with Gasteiger partial charge >= 0.3 is 0 Å². The van der Waals surface area contributed by atoms with Gasteiger partial charge in [0, 0.05) is 0 Å². The van der Waals surface area contributed by atoms with Crippen LogP contribution in [0.3, 0.4) is 0 Å². The standard InChI is InChI=1S/C13H17NO/c1-2-3-5-10-12(13(14)15)11-8-6-4-7-9-11/h2,4,6-9,12H,1,3,5,10H2,(H2,14,15). The molecule has 0 radical (unpaired) electrons. The number of hydrogen-bond acceptors (Lipinski definition) is 1. The molecule has 15 heavy (non-hydrogen) atoms. The van der Waals surface area contributed by atoms with E-state index in [-0.39, 0.29) is 11.8 Å². The Morgan fingerprint density at radius 3 is 2.60 bits per heavy atom. The van der Waals surface area contributed by atoms with Crippen LogP contribution in [0.2, 0.25) is 0 Å². The summed E-state index contributed by atoms with van der Waals surface area (Å²) in [6, 6.07) is 9.69. The number of rotatable bonds is 6. The summed E-state index contributed by atoms with van der Waals surface area (Å²) in [5.41, 5.74) is 6.39. The maximum atomic E-state index is 11.3. The van der Waals surface area contributed by atoms with E-state index in [9.17, 15) is 4.79 Å². The minimum absolute atomic E-state index is 0.161. The molecule has 0 aliphatic rings. The quantitative estimate of drug-likeness (QED) is 0.560. The van der Waals surface area contributed by atoms with Crippen LogP contribution >= 0.6 is 0 Å². The SMILES string of the molecule is C=CCCCC(C(N)=O)c1ccccc1. The number of amides is 1. The lowest BCUT2D eigenvalue weighted by Gasteiger charge is -2.12. The second-order valence-electron chi connectivity index (χ2n) is 3.59. The first kappa shape index (κ1) is 11.5. The van der Waals surface area contributed by atoms with Gasteiger partial charge in [-0.3, -0.25) is 4.79 Å². The summed E-state index contributed by atoms with van der Waals surface area (Å²) in [6.07, 6.45) is 4.54. The zero-order valence-electron chi connectivity index (χ0n) is 8.86. The van der Waals surface area contributed by atoms with Gasteiger partial charge in [0.2, 0.25) is 5.91 Å². The molecule has 0 fully saturated rings. The molecule has 0 aromatic heterocycles. The molecule has 80 valence electrons. The Kier molecular flexibility index (Phi) is 4.61. The summed E-state index contributed by atoms with van der Waals surface area (Å²) < 4.78 is 0. The topological polar surface area (TPSA) is 43.1 Å². The Bertz CT molecular complexity index is 319. The Hall–Kier alpha value is -1.57. The Balaban J connectivity index is 2.66. The molecule has 1 unspecified atom stereocenters. The molecule has 0 saturated carbocycles. The van der Waals surface area contributed by atoms with Crippen LogP contribution in [0.5, 0.6) is 0 Å². The third kappa shape index (κ3) is 3.58. The number of primary amides is 1. The predicted molar refractivity (Wildman–Crippen MR) is 62.4 cm³/mol. The average molecular weight is 203 g/mol. The van der Waals surface area contributed by atoms with Crippen LogP contribution in [0.1, 0.15) is 30.7 Å². The highest BCUT2D eigenvalue weighted by Gasteiger charge is 2.16. The molecule has 1 atom stereocenters. The molecule has 1 rings (SSSR count). The summed E-state index contributed by atoms with van der Waals surface area (Å²) in [5, 5.41) is 0. The summed E-state index contributed by atoms with van der Waals surface area (Å²) in [4.78, 5) is 11.3. The van der Waals surface area contributed by atoms with Crippen molar-refractivity contribution in [1.82, 2.24) is 0 Å². The van der Waals surface area contributed by atoms with Gasteiger partial charge in [-0.05, 0) is 24.8 Å². The fourth-order valence-corrected chi connectivity index (χ4v) is 1.62. The van der Waals surface area contributed by atoms with E-state index in [1.807, 2.05) is 36.4 Å². The Labute approximate surface area is 90.8 Å². The monoisotopic (exact) mass is 203 g/mol. The van der Waals surface area contributed by atoms with Crippen LogP contribution in [0.4, 0.5) is 0 Å². The zero-order chi connectivity index (χ0) is 11.1. The van der Waals surface area contributed by atoms with Crippen LogP contribution in [0.15, 0.2) is 43.0 Å². The maximum absolute atomic E-state index is 11.3. The Morgan fingerprint density at radius 2 is 2.07 bits per heavy atom. The first-order valence-electron chi connectivity index (χ1n) is 5.21. The van der Waals surface area contributed by atoms with Crippen molar-refractivity contribution in [3.05, 3.63) is 48.6 Å². The highest BCUT2D eigenvalue weighted by Crippen LogP contribution is 2.21. The molecule has 1 aromatic rings. The molecule has 0 bridgehead atoms. The summed E-state index contributed by atoms with van der Waals surface area (Å²) in [6.45, 7) is 3.66. The van der Waals surface area contributed by atoms with Crippen molar-refractivity contribution >= 4 is 5.91 Å². The molecule has 0 heterocycles. The number of carbonyl (C=O) groups excluding carboxylic acids is 1. The number of carbonyl (C=O) groups is 1. The highest BCUT2D eigenvalue weighted by atomic mass is 16.1. The van der Waals surface area contributed by atoms with Crippen LogP contribution in [-0.4, -0.2) is 5.91 Å². The molecule has 0 aliphatic heterocycles. The van der Waals surface area contributed by atoms with Gasteiger partial charge in [-0.2, -0.15) is 0 Å². The molecule has 2 nitrogen and oxygen atoms in total. The van der Waals surface area contributed by atoms with Crippen molar-refractivity contribution in [3.63, 3.8) is 0 Å². The maximum Gasteiger partial charge on any atom is 0.224 e. The van der Waals surface area contributed by atoms with E-state index in [1.54, 1.807) is 0 Å². The van der Waals surface area contributed by atoms with E-state index >= 15 is 0 Å². The van der Waals surface area contributed by atoms with E-state index in [0.29, 0.717) is 0 Å². The minimum atomic E-state index is -0.245. The van der Waals surface area contributed by atoms with E-state index in [4.69, 9.17) is 5.73 Å². The lowest BCUT2D eigenvalue weighted by atomic mass is 9.93. The number of hydrogen-bond donors (Lipinski definition) is 1. The van der Waals surface area contributed by atoms with Crippen LogP contribution in [0, 0.1) is 0 Å². The first-order valence-corrected chi connectivity index (χ1v) is 5.21. The average Bonchev–Trinajstić information content (AvgIpc) is 2.25. The molecular formula is C13H17NO. The Morgan fingerprint density at radius 1 is 1.40 bits per heavy atom. The van der Waals surface area contributed by atoms with Crippen molar-refractivity contribution in [3.8, 4) is 0 Å². The number of benzene rings is 1. The van der Waals surface area contributed by atoms with Gasteiger partial charge in [0.1, 0.15) is 0 Å². The van der Waals surface area contributed by atoms with Gasteiger partial charge in [0.25, 0.3) is 0 Å². The van der Waals surface area contributed by atoms with Crippen LogP contribution in [0.25, 0.3) is 0 Å². The minimum Gasteiger partial charge on any atom is -0.369 e. The molecule has 0 aliphatic carbocycles. The largest absolute Gasteiger partial charge is 0.369 e. The number of unbranched alkanes of at least 4 members (excludes halogenated alkanes) is 1. The van der Waals surface area contributed by atoms with E-state index in [1.165, 1.54) is 0 Å². The van der Waals surface area contributed by atoms with E-state index < -0.39 is 0 Å². The highest BCUT2D eigenvalue weighted by molar-refractivity contribution is 5.81. The van der Waals surface area contributed by atoms with E-state index in [2.05, 4.69) is 6.58 Å². The third-order valence-electron chi connectivity index (χ3n) is 2.45. The third-order valence-corrected chi connectivity index (χ3v) is 2.45. The molecular weight excluding hydrogens is 186 g/mol. The fraction of sp³-hybridized carbons (Fsp3) is 0.308. The molecule has 1 aromatic carbocycles. The van der Waals surface area contributed by atoms with Gasteiger partial charge in [-0.15, -0.1) is 6.58 Å². The smallest absolute Gasteiger partial charge is 0.224 e. The van der Waals surface area contributed by atoms with Crippen LogP contribution in [-0.2, 0) is 4.79 Å². The molecule has 1 amide bonds. The summed E-state index contributed by atoms with van der Waals surface area (Å²) in [7, 11) is 0.